The van der Waals surface area contributed by atoms with Crippen molar-refractivity contribution in [3.63, 3.8) is 0 Å². The standard InChI is InChI=1S/C19H13BrF6N4O2S/c20-14-15(17(31)27-9-3-5-10(6-4-9)32-19(24,25)26)29-30-13(18(21,22)23)8-11(28-16(14)30)12-2-1-7-33-12/h1-7,11,13,28H,8H2,(H,27,31). The molecule has 2 atom stereocenters. The molecule has 6 nitrogen and oxygen atoms in total. The predicted molar refractivity (Wildman–Crippen MR) is 111 cm³/mol. The smallest absolute Gasteiger partial charge is 0.406 e. The number of ether oxygens (including phenoxy) is 1. The van der Waals surface area contributed by atoms with Crippen molar-refractivity contribution < 1.29 is 35.9 Å². The molecule has 176 valence electrons. The molecule has 0 aliphatic carbocycles. The first kappa shape index (κ1) is 23.4. The third-order valence-corrected chi connectivity index (χ3v) is 6.48. The number of nitrogens with zero attached hydrogens (tertiary/aromatic N) is 2. The van der Waals surface area contributed by atoms with Crippen molar-refractivity contribution >= 4 is 44.7 Å². The van der Waals surface area contributed by atoms with Crippen LogP contribution in [0.2, 0.25) is 0 Å². The van der Waals surface area contributed by atoms with Gasteiger partial charge in [-0.2, -0.15) is 18.3 Å². The second-order valence-corrected chi connectivity index (χ2v) is 8.76. The molecule has 0 radical (unpaired) electrons. The lowest BCUT2D eigenvalue weighted by Gasteiger charge is -2.33. The minimum Gasteiger partial charge on any atom is -0.406 e. The Bertz CT molecular complexity index is 1140. The van der Waals surface area contributed by atoms with Gasteiger partial charge in [-0.3, -0.25) is 4.79 Å². The first-order chi connectivity index (χ1) is 15.4. The van der Waals surface area contributed by atoms with Gasteiger partial charge < -0.3 is 15.4 Å². The van der Waals surface area contributed by atoms with Gasteiger partial charge >= 0.3 is 12.5 Å². The molecule has 0 bridgehead atoms. The maximum atomic E-state index is 13.8. The van der Waals surface area contributed by atoms with Crippen LogP contribution in [0, 0.1) is 0 Å². The molecule has 1 aromatic carbocycles. The summed E-state index contributed by atoms with van der Waals surface area (Å²) in [5.74, 6) is -1.33. The molecule has 1 aliphatic rings. The van der Waals surface area contributed by atoms with E-state index in [0.717, 1.165) is 28.9 Å². The number of aromatic nitrogens is 2. The average Bonchev–Trinajstić information content (AvgIpc) is 3.36. The molecule has 2 N–H and O–H groups in total. The van der Waals surface area contributed by atoms with Crippen LogP contribution in [0.3, 0.4) is 0 Å². The number of fused-ring (bicyclic) bond motifs is 1. The molecular formula is C19H13BrF6N4O2S. The summed E-state index contributed by atoms with van der Waals surface area (Å²) in [6.45, 7) is 0. The lowest BCUT2D eigenvalue weighted by Crippen LogP contribution is -2.35. The van der Waals surface area contributed by atoms with E-state index in [0.29, 0.717) is 4.88 Å². The van der Waals surface area contributed by atoms with E-state index >= 15 is 0 Å². The molecule has 1 amide bonds. The molecule has 4 rings (SSSR count). The van der Waals surface area contributed by atoms with Gasteiger partial charge in [-0.15, -0.1) is 24.5 Å². The second kappa shape index (κ2) is 8.56. The van der Waals surface area contributed by atoms with Crippen LogP contribution in [0.15, 0.2) is 46.3 Å². The van der Waals surface area contributed by atoms with Crippen molar-refractivity contribution in [3.05, 3.63) is 56.8 Å². The van der Waals surface area contributed by atoms with E-state index in [1.807, 2.05) is 0 Å². The molecule has 0 fully saturated rings. The topological polar surface area (TPSA) is 68.2 Å². The summed E-state index contributed by atoms with van der Waals surface area (Å²) in [4.78, 5) is 13.4. The number of halogens is 7. The highest BCUT2D eigenvalue weighted by atomic mass is 79.9. The van der Waals surface area contributed by atoms with Crippen LogP contribution in [0.25, 0.3) is 0 Å². The number of thiophene rings is 1. The van der Waals surface area contributed by atoms with Crippen molar-refractivity contribution in [2.24, 2.45) is 0 Å². The molecular weight excluding hydrogens is 542 g/mol. The molecule has 0 spiro atoms. The van der Waals surface area contributed by atoms with Crippen LogP contribution in [-0.2, 0) is 0 Å². The molecule has 1 aliphatic heterocycles. The zero-order chi connectivity index (χ0) is 24.0. The average molecular weight is 555 g/mol. The molecule has 0 saturated heterocycles. The van der Waals surface area contributed by atoms with E-state index in [1.165, 1.54) is 11.3 Å². The summed E-state index contributed by atoms with van der Waals surface area (Å²) < 4.78 is 82.7. The highest BCUT2D eigenvalue weighted by molar-refractivity contribution is 9.10. The van der Waals surface area contributed by atoms with Gasteiger partial charge in [0.2, 0.25) is 0 Å². The van der Waals surface area contributed by atoms with Crippen molar-refractivity contribution in [2.75, 3.05) is 10.6 Å². The highest BCUT2D eigenvalue weighted by Gasteiger charge is 2.48. The largest absolute Gasteiger partial charge is 0.573 e. The zero-order valence-electron chi connectivity index (χ0n) is 16.2. The minimum atomic E-state index is -4.87. The SMILES string of the molecule is O=C(Nc1ccc(OC(F)(F)F)cc1)c1nn2c(c1Br)NC(c1cccs1)CC2C(F)(F)F. The fourth-order valence-corrected chi connectivity index (χ4v) is 4.69. The maximum Gasteiger partial charge on any atom is 0.573 e. The maximum absolute atomic E-state index is 13.8. The van der Waals surface area contributed by atoms with Gasteiger partial charge in [0.05, 0.1) is 10.5 Å². The Labute approximate surface area is 194 Å². The summed E-state index contributed by atoms with van der Waals surface area (Å²) in [5, 5.41) is 11.0. The Morgan fingerprint density at radius 2 is 1.88 bits per heavy atom. The zero-order valence-corrected chi connectivity index (χ0v) is 18.6. The van der Waals surface area contributed by atoms with E-state index < -0.39 is 36.3 Å². The van der Waals surface area contributed by atoms with Gasteiger partial charge in [0.1, 0.15) is 11.6 Å². The summed E-state index contributed by atoms with van der Waals surface area (Å²) in [5.41, 5.74) is -0.210. The van der Waals surface area contributed by atoms with Crippen LogP contribution in [-0.4, -0.2) is 28.2 Å². The normalized spacial score (nSPS) is 18.4. The Hall–Kier alpha value is -2.74. The number of hydrogen-bond donors (Lipinski definition) is 2. The van der Waals surface area contributed by atoms with Crippen LogP contribution in [0.1, 0.15) is 33.9 Å². The van der Waals surface area contributed by atoms with Crippen LogP contribution in [0.5, 0.6) is 5.75 Å². The van der Waals surface area contributed by atoms with Gasteiger partial charge in [-0.05, 0) is 51.6 Å². The van der Waals surface area contributed by atoms with Crippen LogP contribution in [0.4, 0.5) is 37.8 Å². The molecule has 2 aromatic heterocycles. The fraction of sp³-hybridized carbons (Fsp3) is 0.263. The van der Waals surface area contributed by atoms with Crippen molar-refractivity contribution in [1.29, 1.82) is 0 Å². The Kier molecular flexibility index (Phi) is 6.07. The van der Waals surface area contributed by atoms with E-state index in [-0.39, 0.29) is 28.1 Å². The lowest BCUT2D eigenvalue weighted by molar-refractivity contribution is -0.274. The predicted octanol–water partition coefficient (Wildman–Crippen LogP) is 6.52. The van der Waals surface area contributed by atoms with Crippen LogP contribution >= 0.6 is 27.3 Å². The van der Waals surface area contributed by atoms with E-state index in [4.69, 9.17) is 0 Å². The lowest BCUT2D eigenvalue weighted by atomic mass is 10.0. The first-order valence-corrected chi connectivity index (χ1v) is 10.9. The summed E-state index contributed by atoms with van der Waals surface area (Å²) in [6.07, 6.45) is -9.79. The number of alkyl halides is 6. The summed E-state index contributed by atoms with van der Waals surface area (Å²) in [6, 6.07) is 5.15. The number of amides is 1. The quantitative estimate of drug-likeness (QED) is 0.360. The number of anilines is 2. The molecule has 0 saturated carbocycles. The van der Waals surface area contributed by atoms with E-state index in [9.17, 15) is 31.1 Å². The van der Waals surface area contributed by atoms with Gasteiger partial charge in [0, 0.05) is 17.0 Å². The fourth-order valence-electron chi connectivity index (χ4n) is 3.34. The number of rotatable bonds is 4. The number of carbonyl (C=O) groups is 1. The summed E-state index contributed by atoms with van der Waals surface area (Å²) >= 11 is 4.47. The second-order valence-electron chi connectivity index (χ2n) is 6.99. The third kappa shape index (κ3) is 5.11. The summed E-state index contributed by atoms with van der Waals surface area (Å²) in [7, 11) is 0. The van der Waals surface area contributed by atoms with Gasteiger partial charge in [0.25, 0.3) is 5.91 Å². The Morgan fingerprint density at radius 3 is 2.45 bits per heavy atom. The Morgan fingerprint density at radius 1 is 1.18 bits per heavy atom. The first-order valence-electron chi connectivity index (χ1n) is 9.24. The Balaban J connectivity index is 1.59. The molecule has 14 heteroatoms. The minimum absolute atomic E-state index is 0.000972. The molecule has 3 heterocycles. The monoisotopic (exact) mass is 554 g/mol. The van der Waals surface area contributed by atoms with E-state index in [1.54, 1.807) is 17.5 Å². The highest BCUT2D eigenvalue weighted by Crippen LogP contribution is 2.47. The van der Waals surface area contributed by atoms with Crippen molar-refractivity contribution in [2.45, 2.75) is 31.0 Å². The van der Waals surface area contributed by atoms with Crippen LogP contribution < -0.4 is 15.4 Å². The number of carbonyl (C=O) groups excluding carboxylic acids is 1. The van der Waals surface area contributed by atoms with Gasteiger partial charge in [-0.1, -0.05) is 6.07 Å². The van der Waals surface area contributed by atoms with Gasteiger partial charge in [0.15, 0.2) is 11.7 Å². The third-order valence-electron chi connectivity index (χ3n) is 4.74. The number of hydrogen-bond acceptors (Lipinski definition) is 5. The number of benzene rings is 1. The number of nitrogens with one attached hydrogen (secondary N) is 2. The van der Waals surface area contributed by atoms with Crippen molar-refractivity contribution in [3.8, 4) is 5.75 Å². The van der Waals surface area contributed by atoms with Crippen molar-refractivity contribution in [1.82, 2.24) is 9.78 Å². The van der Waals surface area contributed by atoms with E-state index in [2.05, 4.69) is 36.4 Å². The molecule has 33 heavy (non-hydrogen) atoms. The molecule has 3 aromatic rings. The molecule has 2 unspecified atom stereocenters. The van der Waals surface area contributed by atoms with Gasteiger partial charge in [-0.25, -0.2) is 4.68 Å².